The van der Waals surface area contributed by atoms with Gasteiger partial charge in [-0.15, -0.1) is 0 Å². The maximum Gasteiger partial charge on any atom is 0.470 e. The first-order valence-corrected chi connectivity index (χ1v) is 51.5. The molecule has 3 heterocycles. The van der Waals surface area contributed by atoms with Gasteiger partial charge in [-0.25, -0.2) is 4.57 Å². The molecule has 0 radical (unpaired) electrons. The molecule has 120 heavy (non-hydrogen) atoms. The second kappa shape index (κ2) is 72.7. The van der Waals surface area contributed by atoms with Crippen molar-refractivity contribution < 1.29 is 101 Å². The number of hydrogen-bond acceptors (Lipinski definition) is 19. The van der Waals surface area contributed by atoms with E-state index in [9.17, 15) is 58.8 Å². The summed E-state index contributed by atoms with van der Waals surface area (Å²) in [5.41, 5.74) is 0. The quantitative estimate of drug-likeness (QED) is 0.00978. The maximum absolute atomic E-state index is 15.2. The zero-order chi connectivity index (χ0) is 87.5. The van der Waals surface area contributed by atoms with E-state index < -0.39 is 162 Å². The Bertz CT molecular complexity index is 2590. The first kappa shape index (κ1) is 111. The molecule has 3 aliphatic heterocycles. The molecular formula is C96H179N2O21P. The van der Waals surface area contributed by atoms with Crippen LogP contribution in [-0.4, -0.2) is 170 Å². The number of nitrogens with zero attached hydrogens (tertiary/aromatic N) is 1. The van der Waals surface area contributed by atoms with Crippen LogP contribution in [0.5, 0.6) is 0 Å². The second-order valence-electron chi connectivity index (χ2n) is 35.9. The van der Waals surface area contributed by atoms with Gasteiger partial charge < -0.3 is 73.6 Å². The molecule has 3 saturated heterocycles. The Balaban J connectivity index is 2.09. The van der Waals surface area contributed by atoms with Crippen LogP contribution >= 0.6 is 7.82 Å². The highest BCUT2D eigenvalue weighted by Gasteiger charge is 2.65. The van der Waals surface area contributed by atoms with E-state index in [4.69, 9.17) is 37.7 Å². The van der Waals surface area contributed by atoms with Gasteiger partial charge in [-0.3, -0.25) is 33.3 Å². The number of nitrogens with one attached hydrogen (secondary N) is 1. The van der Waals surface area contributed by atoms with Gasteiger partial charge in [-0.05, 0) is 51.4 Å². The van der Waals surface area contributed by atoms with Crippen molar-refractivity contribution in [1.29, 1.82) is 0 Å². The second-order valence-corrected chi connectivity index (χ2v) is 37.0. The average molecular weight is 1730 g/mol. The topological polar surface area (TPSA) is 330 Å². The molecule has 23 nitrogen and oxygen atoms in total. The van der Waals surface area contributed by atoms with Gasteiger partial charge in [0.2, 0.25) is 11.8 Å². The van der Waals surface area contributed by atoms with Crippen molar-refractivity contribution in [2.24, 2.45) is 0 Å². The van der Waals surface area contributed by atoms with Crippen molar-refractivity contribution in [3.63, 3.8) is 0 Å². The Kier molecular flexibility index (Phi) is 67.1. The number of esters is 4. The number of carbonyl (C=O) groups is 6. The van der Waals surface area contributed by atoms with Gasteiger partial charge in [0, 0.05) is 12.8 Å². The fraction of sp³-hybridized carbons (Fsp3) is 0.938. The lowest BCUT2D eigenvalue weighted by atomic mass is 9.95. The summed E-state index contributed by atoms with van der Waals surface area (Å²) in [7, 11) is -5.59. The maximum atomic E-state index is 15.2. The molecule has 0 aromatic heterocycles. The molecule has 24 heteroatoms. The fourth-order valence-electron chi connectivity index (χ4n) is 17.2. The van der Waals surface area contributed by atoms with Gasteiger partial charge in [0.1, 0.15) is 48.7 Å². The van der Waals surface area contributed by atoms with Gasteiger partial charge in [0.05, 0.1) is 51.1 Å². The highest BCUT2D eigenvalue weighted by atomic mass is 31.2. The zero-order valence-corrected chi connectivity index (χ0v) is 77.7. The first-order chi connectivity index (χ1) is 58.2. The Hall–Kier alpha value is -3.35. The van der Waals surface area contributed by atoms with Crippen LogP contribution in [0.1, 0.15) is 478 Å². The minimum absolute atomic E-state index is 0.127. The summed E-state index contributed by atoms with van der Waals surface area (Å²) in [4.78, 5) is 109. The van der Waals surface area contributed by atoms with Crippen molar-refractivity contribution in [1.82, 2.24) is 10.2 Å². The number of carbonyl (C=O) groups excluding carboxylic acids is 6. The van der Waals surface area contributed by atoms with E-state index in [1.807, 2.05) is 0 Å². The Morgan fingerprint density at radius 1 is 0.383 bits per heavy atom. The van der Waals surface area contributed by atoms with Crippen molar-refractivity contribution >= 4 is 43.5 Å². The lowest BCUT2D eigenvalue weighted by molar-refractivity contribution is -0.282. The number of hydrogen-bond donors (Lipinski definition) is 7. The van der Waals surface area contributed by atoms with Crippen molar-refractivity contribution in [2.75, 3.05) is 13.2 Å². The summed E-state index contributed by atoms with van der Waals surface area (Å²) in [6.45, 7) is 11.5. The minimum atomic E-state index is -5.59. The molecule has 704 valence electrons. The normalized spacial score (nSPS) is 20.8. The molecular weight excluding hydrogens is 1550 g/mol. The summed E-state index contributed by atoms with van der Waals surface area (Å²) in [5, 5.41) is 49.0. The number of aliphatic hydroxyl groups is 4. The standard InChI is InChI=1S/C96H179N2O21P/c1-7-13-19-25-31-37-39-45-51-57-63-69-85(104)113-79(67-61-55-49-43-35-29-23-17-11-5)73-83(102)97-89-93(117-88(107)74-80(68-62-56-50-44-36-30-24-18-12-6)114-86(105)70-64-58-52-46-40-38-32-26-20-14-8-2)92(119-120(109,110)111)81(75-99)116-96(89)112-76-82-91(108)94(118-87(106)72-78(101)66-60-54-48-42-34-28-22-16-10-4)90-95(115-82)98(90)84(103)71-77(100)65-59-53-47-41-33-27-21-15-9-3/h77-82,89-96,99-101,108H,7-76H2,1-6H3,(H,97,102)(H2,109,110,111)/t77-,78-,79-,80-,81?,82?,89?,90?,91?,92?,93?,94?,95?,96?,98?/m1/s1. The summed E-state index contributed by atoms with van der Waals surface area (Å²) in [6.07, 6.45) is 44.3. The summed E-state index contributed by atoms with van der Waals surface area (Å²) < 4.78 is 62.8. The monoisotopic (exact) mass is 1730 g/mol. The number of unbranched alkanes of at least 4 members (excludes halogenated alkanes) is 52. The highest BCUT2D eigenvalue weighted by molar-refractivity contribution is 7.46. The summed E-state index contributed by atoms with van der Waals surface area (Å²) in [5.74, 6) is -4.06. The Morgan fingerprint density at radius 3 is 1.07 bits per heavy atom. The van der Waals surface area contributed by atoms with Crippen LogP contribution in [0.4, 0.5) is 0 Å². The van der Waals surface area contributed by atoms with Crippen LogP contribution in [0.25, 0.3) is 0 Å². The molecule has 3 aliphatic rings. The smallest absolute Gasteiger partial charge is 0.462 e. The molecule has 3 rings (SSSR count). The SMILES string of the molecule is CCCCCCCCCCCCCC(=O)O[C@H](CCCCCCCCCCC)CC(=O)NC1C(OCC2OC3C(C(OC(=O)C[C@H](O)CCCCCCCCCCC)C2O)N3C(=O)C[C@H](O)CCCCCCCCCCC)OC(CO)C(OP(=O)(O)O)C1OC(=O)C[C@@H](CCCCCCCCCCC)OC(=O)CCCCCCCCCCCCC. The lowest BCUT2D eigenvalue weighted by Crippen LogP contribution is -2.66. The van der Waals surface area contributed by atoms with Crippen LogP contribution in [0, 0.1) is 0 Å². The van der Waals surface area contributed by atoms with E-state index >= 15 is 4.79 Å². The number of phosphoric ester groups is 1. The molecule has 0 aromatic carbocycles. The zero-order valence-electron chi connectivity index (χ0n) is 76.8. The third-order valence-electron chi connectivity index (χ3n) is 24.6. The summed E-state index contributed by atoms with van der Waals surface area (Å²) >= 11 is 0. The molecule has 2 amide bonds. The van der Waals surface area contributed by atoms with Crippen molar-refractivity contribution in [3.05, 3.63) is 0 Å². The Morgan fingerprint density at radius 2 is 0.708 bits per heavy atom. The van der Waals surface area contributed by atoms with Gasteiger partial charge in [-0.2, -0.15) is 0 Å². The third-order valence-corrected chi connectivity index (χ3v) is 25.1. The van der Waals surface area contributed by atoms with E-state index in [1.165, 1.54) is 159 Å². The predicted octanol–water partition coefficient (Wildman–Crippen LogP) is 22.0. The van der Waals surface area contributed by atoms with Crippen LogP contribution in [0.2, 0.25) is 0 Å². The number of amides is 2. The van der Waals surface area contributed by atoms with Gasteiger partial charge >= 0.3 is 31.7 Å². The van der Waals surface area contributed by atoms with E-state index in [1.54, 1.807) is 0 Å². The third kappa shape index (κ3) is 54.6. The average Bonchev–Trinajstić information content (AvgIpc) is 1.56. The van der Waals surface area contributed by atoms with Crippen LogP contribution in [0.3, 0.4) is 0 Å². The summed E-state index contributed by atoms with van der Waals surface area (Å²) in [6, 6.07) is -2.76. The fourth-order valence-corrected chi connectivity index (χ4v) is 17.7. The number of rotatable bonds is 83. The molecule has 3 fully saturated rings. The van der Waals surface area contributed by atoms with Crippen molar-refractivity contribution in [3.8, 4) is 0 Å². The minimum Gasteiger partial charge on any atom is -0.462 e. The van der Waals surface area contributed by atoms with Crippen LogP contribution < -0.4 is 5.32 Å². The first-order valence-electron chi connectivity index (χ1n) is 49.9. The van der Waals surface area contributed by atoms with Gasteiger partial charge in [-0.1, -0.05) is 388 Å². The Labute approximate surface area is 728 Å². The van der Waals surface area contributed by atoms with Gasteiger partial charge in [0.15, 0.2) is 24.7 Å². The molecule has 7 N–H and O–H groups in total. The lowest BCUT2D eigenvalue weighted by Gasteiger charge is -2.45. The van der Waals surface area contributed by atoms with Crippen LogP contribution in [0.15, 0.2) is 0 Å². The van der Waals surface area contributed by atoms with E-state index in [2.05, 4.69) is 46.9 Å². The largest absolute Gasteiger partial charge is 0.470 e. The molecule has 0 bridgehead atoms. The number of aliphatic hydroxyl groups excluding tert-OH is 4. The molecule has 0 spiro atoms. The van der Waals surface area contributed by atoms with E-state index in [0.717, 1.165) is 180 Å². The number of fused-ring (bicyclic) bond motifs is 1. The van der Waals surface area contributed by atoms with E-state index in [-0.39, 0.29) is 19.3 Å². The number of ether oxygens (including phenoxy) is 7. The highest BCUT2D eigenvalue weighted by Crippen LogP contribution is 2.45. The van der Waals surface area contributed by atoms with Crippen molar-refractivity contribution in [2.45, 2.75) is 564 Å². The molecule has 0 saturated carbocycles. The molecule has 0 aromatic rings. The molecule has 10 unspecified atom stereocenters. The van der Waals surface area contributed by atoms with E-state index in [0.29, 0.717) is 64.2 Å². The van der Waals surface area contributed by atoms with Crippen LogP contribution in [-0.2, 0) is 71.0 Å². The number of phosphoric acid groups is 1. The molecule has 14 atom stereocenters. The van der Waals surface area contributed by atoms with Gasteiger partial charge in [0.25, 0.3) is 0 Å². The predicted molar refractivity (Wildman–Crippen MR) is 475 cm³/mol. The molecule has 0 aliphatic carbocycles.